The monoisotopic (exact) mass is 417 g/mol. The Morgan fingerprint density at radius 2 is 1.87 bits per heavy atom. The predicted molar refractivity (Wildman–Crippen MR) is 106 cm³/mol. The molecule has 1 aromatic rings. The normalized spacial score (nSPS) is 19.9. The highest BCUT2D eigenvalue weighted by molar-refractivity contribution is 6.04. The van der Waals surface area contributed by atoms with Crippen molar-refractivity contribution in [2.45, 2.75) is 63.8 Å². The molecule has 1 saturated heterocycles. The third-order valence-corrected chi connectivity index (χ3v) is 5.63. The van der Waals surface area contributed by atoms with E-state index < -0.39 is 30.1 Å². The van der Waals surface area contributed by atoms with E-state index in [0.717, 1.165) is 11.1 Å². The van der Waals surface area contributed by atoms with Crippen molar-refractivity contribution in [2.24, 2.45) is 0 Å². The number of carboxylic acids is 1. The number of carbonyl (C=O) groups is 4. The fraction of sp³-hybridized carbons (Fsp3) is 0.524. The second-order valence-corrected chi connectivity index (χ2v) is 7.82. The van der Waals surface area contributed by atoms with Crippen molar-refractivity contribution in [1.82, 2.24) is 15.1 Å². The summed E-state index contributed by atoms with van der Waals surface area (Å²) in [6.45, 7) is 2.04. The molecule has 0 radical (unpaired) electrons. The summed E-state index contributed by atoms with van der Waals surface area (Å²) < 4.78 is 0. The highest BCUT2D eigenvalue weighted by atomic mass is 16.4. The van der Waals surface area contributed by atoms with Gasteiger partial charge in [0.05, 0.1) is 6.10 Å². The second kappa shape index (κ2) is 9.25. The number of fused-ring (bicyclic) bond motifs is 2. The molecule has 1 aromatic carbocycles. The lowest BCUT2D eigenvalue weighted by atomic mass is 9.95. The van der Waals surface area contributed by atoms with Crippen molar-refractivity contribution >= 4 is 23.8 Å². The number of nitrogens with one attached hydrogen (secondary N) is 1. The van der Waals surface area contributed by atoms with Crippen LogP contribution < -0.4 is 5.32 Å². The molecule has 3 N–H and O–H groups in total. The lowest BCUT2D eigenvalue weighted by molar-refractivity contribution is -0.144. The van der Waals surface area contributed by atoms with Gasteiger partial charge in [0.25, 0.3) is 5.91 Å². The van der Waals surface area contributed by atoms with E-state index in [1.807, 2.05) is 24.3 Å². The van der Waals surface area contributed by atoms with Gasteiger partial charge in [-0.25, -0.2) is 9.59 Å². The standard InChI is InChI=1S/C21H27N3O6/c1-13(25)18(20(28)29)22-17(26)9-3-2-6-10-23-19(27)16-11-14-7-4-5-8-15(14)12-24(16)21(23)30/h4-5,7-8,13,16,18,25H,2-3,6,9-12H2,1H3,(H,22,26)(H,28,29)/t13?,16-,18+/m0/s1. The van der Waals surface area contributed by atoms with E-state index in [1.165, 1.54) is 11.8 Å². The zero-order valence-corrected chi connectivity index (χ0v) is 16.9. The van der Waals surface area contributed by atoms with Crippen molar-refractivity contribution in [1.29, 1.82) is 0 Å². The number of hydrogen-bond donors (Lipinski definition) is 3. The van der Waals surface area contributed by atoms with Crippen LogP contribution in [0.4, 0.5) is 4.79 Å². The lowest BCUT2D eigenvalue weighted by Crippen LogP contribution is -2.47. The van der Waals surface area contributed by atoms with Gasteiger partial charge in [-0.15, -0.1) is 0 Å². The molecule has 3 rings (SSSR count). The maximum atomic E-state index is 12.7. The minimum Gasteiger partial charge on any atom is -0.480 e. The summed E-state index contributed by atoms with van der Waals surface area (Å²) in [6, 6.07) is 5.79. The highest BCUT2D eigenvalue weighted by Crippen LogP contribution is 2.30. The molecule has 162 valence electrons. The number of aliphatic hydroxyl groups is 1. The van der Waals surface area contributed by atoms with E-state index in [1.54, 1.807) is 4.90 Å². The number of nitrogens with zero attached hydrogens (tertiary/aromatic N) is 2. The molecule has 2 aliphatic heterocycles. The smallest absolute Gasteiger partial charge is 0.328 e. The first-order valence-electron chi connectivity index (χ1n) is 10.2. The van der Waals surface area contributed by atoms with Gasteiger partial charge >= 0.3 is 12.0 Å². The van der Waals surface area contributed by atoms with Crippen LogP contribution in [0.15, 0.2) is 24.3 Å². The first-order chi connectivity index (χ1) is 14.3. The number of hydrogen-bond acceptors (Lipinski definition) is 5. The minimum atomic E-state index is -1.33. The number of imide groups is 1. The number of carbonyl (C=O) groups excluding carboxylic acids is 3. The molecule has 0 bridgehead atoms. The molecule has 2 aliphatic rings. The molecule has 0 spiro atoms. The van der Waals surface area contributed by atoms with E-state index in [0.29, 0.717) is 38.8 Å². The maximum absolute atomic E-state index is 12.7. The summed E-state index contributed by atoms with van der Waals surface area (Å²) in [5.74, 6) is -1.91. The van der Waals surface area contributed by atoms with Crippen molar-refractivity contribution in [3.8, 4) is 0 Å². The zero-order valence-electron chi connectivity index (χ0n) is 16.9. The van der Waals surface area contributed by atoms with E-state index in [-0.39, 0.29) is 18.4 Å². The van der Waals surface area contributed by atoms with Crippen LogP contribution in [0.25, 0.3) is 0 Å². The number of amides is 4. The number of urea groups is 1. The van der Waals surface area contributed by atoms with E-state index in [9.17, 15) is 24.3 Å². The molecule has 9 nitrogen and oxygen atoms in total. The van der Waals surface area contributed by atoms with Crippen LogP contribution in [0.2, 0.25) is 0 Å². The van der Waals surface area contributed by atoms with Gasteiger partial charge in [-0.05, 0) is 30.9 Å². The molecule has 0 aromatic heterocycles. The van der Waals surface area contributed by atoms with Gasteiger partial charge in [-0.3, -0.25) is 14.5 Å². The Kier molecular flexibility index (Phi) is 6.71. The number of benzene rings is 1. The van der Waals surface area contributed by atoms with Gasteiger partial charge in [0.2, 0.25) is 5.91 Å². The third kappa shape index (κ3) is 4.62. The number of carboxylic acid groups (broad SMARTS) is 1. The second-order valence-electron chi connectivity index (χ2n) is 7.82. The Bertz CT molecular complexity index is 797. The topological polar surface area (TPSA) is 127 Å². The fourth-order valence-corrected chi connectivity index (χ4v) is 3.95. The van der Waals surface area contributed by atoms with Crippen molar-refractivity contribution in [3.63, 3.8) is 0 Å². The quantitative estimate of drug-likeness (QED) is 0.404. The summed E-state index contributed by atoms with van der Waals surface area (Å²) in [6.07, 6.45) is 1.13. The van der Waals surface area contributed by atoms with Crippen LogP contribution in [0.3, 0.4) is 0 Å². The zero-order chi connectivity index (χ0) is 21.8. The summed E-state index contributed by atoms with van der Waals surface area (Å²) >= 11 is 0. The molecule has 0 saturated carbocycles. The van der Waals surface area contributed by atoms with Crippen LogP contribution in [-0.4, -0.2) is 68.6 Å². The number of rotatable bonds is 9. The van der Waals surface area contributed by atoms with Crippen LogP contribution in [0.5, 0.6) is 0 Å². The van der Waals surface area contributed by atoms with Crippen molar-refractivity contribution in [2.75, 3.05) is 6.54 Å². The fourth-order valence-electron chi connectivity index (χ4n) is 3.95. The molecule has 3 atom stereocenters. The average molecular weight is 417 g/mol. The highest BCUT2D eigenvalue weighted by Gasteiger charge is 2.46. The molecule has 2 heterocycles. The van der Waals surface area contributed by atoms with Crippen molar-refractivity contribution in [3.05, 3.63) is 35.4 Å². The van der Waals surface area contributed by atoms with Gasteiger partial charge in [0, 0.05) is 25.9 Å². The summed E-state index contributed by atoms with van der Waals surface area (Å²) in [5.41, 5.74) is 2.17. The van der Waals surface area contributed by atoms with E-state index in [2.05, 4.69) is 5.32 Å². The molecular weight excluding hydrogens is 390 g/mol. The molecular formula is C21H27N3O6. The first kappa shape index (κ1) is 21.8. The summed E-state index contributed by atoms with van der Waals surface area (Å²) in [4.78, 5) is 51.1. The van der Waals surface area contributed by atoms with Gasteiger partial charge < -0.3 is 20.4 Å². The molecule has 1 fully saturated rings. The van der Waals surface area contributed by atoms with E-state index in [4.69, 9.17) is 5.11 Å². The Morgan fingerprint density at radius 3 is 2.53 bits per heavy atom. The van der Waals surface area contributed by atoms with Gasteiger partial charge in [0.15, 0.2) is 6.04 Å². The first-order valence-corrected chi connectivity index (χ1v) is 10.2. The Balaban J connectivity index is 1.43. The molecule has 0 aliphatic carbocycles. The SMILES string of the molecule is CC(O)[C@@H](NC(=O)CCCCCN1C(=O)[C@@H]2Cc3ccccc3CN2C1=O)C(=O)O. The lowest BCUT2D eigenvalue weighted by Gasteiger charge is -2.28. The predicted octanol–water partition coefficient (Wildman–Crippen LogP) is 0.886. The summed E-state index contributed by atoms with van der Waals surface area (Å²) in [7, 11) is 0. The molecule has 1 unspecified atom stereocenters. The molecule has 9 heteroatoms. The Hall–Kier alpha value is -2.94. The molecule has 4 amide bonds. The van der Waals surface area contributed by atoms with Gasteiger partial charge in [0.1, 0.15) is 6.04 Å². The molecule has 30 heavy (non-hydrogen) atoms. The largest absolute Gasteiger partial charge is 0.480 e. The number of unbranched alkanes of at least 4 members (excludes halogenated alkanes) is 2. The van der Waals surface area contributed by atoms with Gasteiger partial charge in [-0.1, -0.05) is 30.7 Å². The van der Waals surface area contributed by atoms with Crippen LogP contribution in [0, 0.1) is 0 Å². The maximum Gasteiger partial charge on any atom is 0.328 e. The van der Waals surface area contributed by atoms with E-state index >= 15 is 0 Å². The Morgan fingerprint density at radius 1 is 1.17 bits per heavy atom. The average Bonchev–Trinajstić information content (AvgIpc) is 2.93. The van der Waals surface area contributed by atoms with Crippen LogP contribution in [-0.2, 0) is 27.3 Å². The summed E-state index contributed by atoms with van der Waals surface area (Å²) in [5, 5.41) is 20.6. The number of aliphatic carboxylic acids is 1. The Labute approximate surface area is 174 Å². The number of aliphatic hydroxyl groups excluding tert-OH is 1. The van der Waals surface area contributed by atoms with Gasteiger partial charge in [-0.2, -0.15) is 0 Å². The van der Waals surface area contributed by atoms with Crippen LogP contribution in [0.1, 0.15) is 43.7 Å². The third-order valence-electron chi connectivity index (χ3n) is 5.63. The minimum absolute atomic E-state index is 0.114. The van der Waals surface area contributed by atoms with Crippen LogP contribution >= 0.6 is 0 Å². The van der Waals surface area contributed by atoms with Crippen molar-refractivity contribution < 1.29 is 29.4 Å².